The van der Waals surface area contributed by atoms with Crippen molar-refractivity contribution in [1.29, 1.82) is 0 Å². The van der Waals surface area contributed by atoms with E-state index in [0.29, 0.717) is 13.2 Å². The Labute approximate surface area is 183 Å². The molecule has 0 aromatic heterocycles. The Morgan fingerprint density at radius 1 is 1.16 bits per heavy atom. The Hall–Kier alpha value is -2.94. The Bertz CT molecular complexity index is 1020. The number of hydrogen-bond donors (Lipinski definition) is 0. The van der Waals surface area contributed by atoms with Crippen LogP contribution in [0.15, 0.2) is 47.5 Å². The van der Waals surface area contributed by atoms with Crippen LogP contribution in [0.1, 0.15) is 28.4 Å². The lowest BCUT2D eigenvalue weighted by atomic mass is 10.1. The molecular formula is C23H24F4N4O. The van der Waals surface area contributed by atoms with E-state index in [2.05, 4.69) is 4.99 Å². The number of alkyl halides is 3. The van der Waals surface area contributed by atoms with Crippen molar-refractivity contribution in [1.82, 2.24) is 9.80 Å². The number of carbonyl (C=O) groups excluding carboxylic acids is 1. The Morgan fingerprint density at radius 2 is 1.94 bits per heavy atom. The van der Waals surface area contributed by atoms with Crippen LogP contribution in [0.3, 0.4) is 0 Å². The molecule has 2 aromatic carbocycles. The SMILES string of the molecule is C[C@@H]1CN(C(=O)c2cc(CN3CN=Cc4ccccc43)ccc2F)CCN1CC(F)(F)F. The predicted octanol–water partition coefficient (Wildman–Crippen LogP) is 3.93. The summed E-state index contributed by atoms with van der Waals surface area (Å²) >= 11 is 0. The molecule has 9 heteroatoms. The van der Waals surface area contributed by atoms with Gasteiger partial charge in [0.05, 0.1) is 12.1 Å². The summed E-state index contributed by atoms with van der Waals surface area (Å²) in [6.45, 7) is 1.87. The molecular weight excluding hydrogens is 424 g/mol. The van der Waals surface area contributed by atoms with Gasteiger partial charge in [0.2, 0.25) is 0 Å². The molecule has 170 valence electrons. The van der Waals surface area contributed by atoms with Crippen molar-refractivity contribution in [3.05, 3.63) is 65.0 Å². The van der Waals surface area contributed by atoms with Gasteiger partial charge >= 0.3 is 6.18 Å². The zero-order valence-corrected chi connectivity index (χ0v) is 17.6. The zero-order valence-electron chi connectivity index (χ0n) is 17.6. The molecule has 2 aliphatic heterocycles. The molecule has 0 radical (unpaired) electrons. The maximum atomic E-state index is 14.5. The fourth-order valence-corrected chi connectivity index (χ4v) is 4.20. The summed E-state index contributed by atoms with van der Waals surface area (Å²) in [4.78, 5) is 22.1. The third-order valence-corrected chi connectivity index (χ3v) is 5.83. The minimum Gasteiger partial charge on any atom is -0.347 e. The molecule has 2 heterocycles. The fourth-order valence-electron chi connectivity index (χ4n) is 4.20. The quantitative estimate of drug-likeness (QED) is 0.666. The van der Waals surface area contributed by atoms with Gasteiger partial charge in [-0.05, 0) is 30.7 Å². The lowest BCUT2D eigenvalue weighted by Gasteiger charge is -2.40. The molecule has 2 aliphatic rings. The Morgan fingerprint density at radius 3 is 2.69 bits per heavy atom. The number of fused-ring (bicyclic) bond motifs is 1. The molecule has 0 spiro atoms. The van der Waals surface area contributed by atoms with Gasteiger partial charge in [0.1, 0.15) is 12.5 Å². The maximum absolute atomic E-state index is 14.5. The van der Waals surface area contributed by atoms with Crippen LogP contribution in [-0.4, -0.2) is 67.0 Å². The third-order valence-electron chi connectivity index (χ3n) is 5.83. The van der Waals surface area contributed by atoms with Gasteiger partial charge in [-0.2, -0.15) is 13.2 Å². The van der Waals surface area contributed by atoms with Gasteiger partial charge in [-0.3, -0.25) is 14.7 Å². The second-order valence-electron chi connectivity index (χ2n) is 8.21. The minimum atomic E-state index is -4.29. The van der Waals surface area contributed by atoms with E-state index >= 15 is 0 Å². The second kappa shape index (κ2) is 8.90. The number of benzene rings is 2. The average Bonchev–Trinajstić information content (AvgIpc) is 2.75. The molecule has 0 aliphatic carbocycles. The molecule has 1 atom stereocenters. The number of para-hydroxylation sites is 1. The van der Waals surface area contributed by atoms with Crippen molar-refractivity contribution >= 4 is 17.8 Å². The highest BCUT2D eigenvalue weighted by molar-refractivity contribution is 5.95. The number of piperazine rings is 1. The van der Waals surface area contributed by atoms with E-state index in [1.165, 1.54) is 21.9 Å². The second-order valence-corrected chi connectivity index (χ2v) is 8.21. The summed E-state index contributed by atoms with van der Waals surface area (Å²) < 4.78 is 52.7. The molecule has 5 nitrogen and oxygen atoms in total. The third kappa shape index (κ3) is 4.93. The first-order valence-corrected chi connectivity index (χ1v) is 10.4. The monoisotopic (exact) mass is 448 g/mol. The molecule has 0 bridgehead atoms. The summed E-state index contributed by atoms with van der Waals surface area (Å²) in [5.74, 6) is -1.14. The molecule has 4 rings (SSSR count). The van der Waals surface area contributed by atoms with Crippen molar-refractivity contribution in [2.24, 2.45) is 4.99 Å². The van der Waals surface area contributed by atoms with Crippen LogP contribution >= 0.6 is 0 Å². The first kappa shape index (κ1) is 22.3. The largest absolute Gasteiger partial charge is 0.401 e. The van der Waals surface area contributed by atoms with Crippen molar-refractivity contribution < 1.29 is 22.4 Å². The van der Waals surface area contributed by atoms with Gasteiger partial charge in [0.15, 0.2) is 0 Å². The highest BCUT2D eigenvalue weighted by Crippen LogP contribution is 2.25. The highest BCUT2D eigenvalue weighted by Gasteiger charge is 2.36. The number of amides is 1. The summed E-state index contributed by atoms with van der Waals surface area (Å²) in [5.41, 5.74) is 2.69. The van der Waals surface area contributed by atoms with E-state index in [0.717, 1.165) is 16.8 Å². The number of hydrogen-bond acceptors (Lipinski definition) is 4. The van der Waals surface area contributed by atoms with Crippen LogP contribution in [0.25, 0.3) is 0 Å². The molecule has 0 N–H and O–H groups in total. The van der Waals surface area contributed by atoms with Crippen LogP contribution < -0.4 is 4.90 Å². The molecule has 0 unspecified atom stereocenters. The predicted molar refractivity (Wildman–Crippen MR) is 114 cm³/mol. The van der Waals surface area contributed by atoms with Gasteiger partial charge < -0.3 is 9.80 Å². The van der Waals surface area contributed by atoms with E-state index in [9.17, 15) is 22.4 Å². The molecule has 0 saturated carbocycles. The molecule has 1 amide bonds. The minimum absolute atomic E-state index is 0.0623. The van der Waals surface area contributed by atoms with Crippen LogP contribution in [0.4, 0.5) is 23.2 Å². The van der Waals surface area contributed by atoms with Gasteiger partial charge in [-0.25, -0.2) is 4.39 Å². The zero-order chi connectivity index (χ0) is 22.9. The van der Waals surface area contributed by atoms with Gasteiger partial charge in [-0.15, -0.1) is 0 Å². The van der Waals surface area contributed by atoms with E-state index < -0.39 is 30.5 Å². The van der Waals surface area contributed by atoms with Crippen LogP contribution in [0.5, 0.6) is 0 Å². The summed E-state index contributed by atoms with van der Waals surface area (Å²) in [6.07, 6.45) is -2.48. The molecule has 2 aromatic rings. The molecule has 1 fully saturated rings. The van der Waals surface area contributed by atoms with Gasteiger partial charge in [0.25, 0.3) is 5.91 Å². The van der Waals surface area contributed by atoms with Crippen LogP contribution in [0.2, 0.25) is 0 Å². The van der Waals surface area contributed by atoms with Crippen LogP contribution in [-0.2, 0) is 6.54 Å². The summed E-state index contributed by atoms with van der Waals surface area (Å²) in [5, 5.41) is 0. The van der Waals surface area contributed by atoms with Gasteiger partial charge in [0, 0.05) is 49.7 Å². The van der Waals surface area contributed by atoms with E-state index in [4.69, 9.17) is 0 Å². The first-order valence-electron chi connectivity index (χ1n) is 10.4. The Balaban J connectivity index is 1.47. The van der Waals surface area contributed by atoms with Crippen molar-refractivity contribution in [2.45, 2.75) is 25.7 Å². The number of halogens is 4. The summed E-state index contributed by atoms with van der Waals surface area (Å²) in [7, 11) is 0. The smallest absolute Gasteiger partial charge is 0.347 e. The van der Waals surface area contributed by atoms with Crippen LogP contribution in [0, 0.1) is 5.82 Å². The number of nitrogens with zero attached hydrogens (tertiary/aromatic N) is 4. The summed E-state index contributed by atoms with van der Waals surface area (Å²) in [6, 6.07) is 11.8. The average molecular weight is 448 g/mol. The number of rotatable bonds is 4. The van der Waals surface area contributed by atoms with E-state index in [1.807, 2.05) is 35.4 Å². The lowest BCUT2D eigenvalue weighted by Crippen LogP contribution is -2.55. The van der Waals surface area contributed by atoms with Crippen molar-refractivity contribution in [3.63, 3.8) is 0 Å². The van der Waals surface area contributed by atoms with E-state index in [1.54, 1.807) is 13.0 Å². The Kier molecular flexibility index (Phi) is 6.19. The fraction of sp³-hybridized carbons (Fsp3) is 0.391. The molecule has 1 saturated heterocycles. The normalized spacial score (nSPS) is 19.2. The number of anilines is 1. The highest BCUT2D eigenvalue weighted by atomic mass is 19.4. The standard InChI is InChI=1S/C23H24F4N4O/c1-16-12-29(8-9-30(16)14-23(25,26)27)22(32)19-10-17(6-7-20(19)24)13-31-15-28-11-18-4-2-3-5-21(18)31/h2-7,10-11,16H,8-9,12-15H2,1H3/t16-/m1/s1. The lowest BCUT2D eigenvalue weighted by molar-refractivity contribution is -0.153. The van der Waals surface area contributed by atoms with E-state index in [-0.39, 0.29) is 25.2 Å². The topological polar surface area (TPSA) is 39.2 Å². The number of carbonyl (C=O) groups is 1. The van der Waals surface area contributed by atoms with Gasteiger partial charge in [-0.1, -0.05) is 24.3 Å². The van der Waals surface area contributed by atoms with Crippen molar-refractivity contribution in [3.8, 4) is 0 Å². The number of aliphatic imine (C=N–C) groups is 1. The van der Waals surface area contributed by atoms with Crippen molar-refractivity contribution in [2.75, 3.05) is 37.7 Å². The molecule has 32 heavy (non-hydrogen) atoms. The first-order chi connectivity index (χ1) is 15.2. The maximum Gasteiger partial charge on any atom is 0.401 e.